The molecule has 0 spiro atoms. The van der Waals surface area contributed by atoms with Crippen LogP contribution in [-0.4, -0.2) is 11.8 Å². The minimum absolute atomic E-state index is 0.00331. The van der Waals surface area contributed by atoms with Crippen molar-refractivity contribution < 1.29 is 9.59 Å². The zero-order chi connectivity index (χ0) is 13.6. The highest BCUT2D eigenvalue weighted by molar-refractivity contribution is 9.10. The highest BCUT2D eigenvalue weighted by Crippen LogP contribution is 2.40. The van der Waals surface area contributed by atoms with Gasteiger partial charge in [-0.05, 0) is 43.5 Å². The van der Waals surface area contributed by atoms with E-state index >= 15 is 0 Å². The number of rotatable bonds is 1. The molecule has 0 aromatic heterocycles. The van der Waals surface area contributed by atoms with E-state index in [0.29, 0.717) is 5.69 Å². The lowest BCUT2D eigenvalue weighted by atomic mass is 9.81. The van der Waals surface area contributed by atoms with Crippen LogP contribution in [0.5, 0.6) is 0 Å². The summed E-state index contributed by atoms with van der Waals surface area (Å²) in [7, 11) is 0. The van der Waals surface area contributed by atoms with Crippen molar-refractivity contribution in [3.05, 3.63) is 28.2 Å². The molecule has 0 radical (unpaired) electrons. The maximum absolute atomic E-state index is 12.4. The number of aryl methyl sites for hydroxylation is 1. The van der Waals surface area contributed by atoms with Gasteiger partial charge in [-0.2, -0.15) is 0 Å². The topological polar surface area (TPSA) is 37.4 Å². The average molecular weight is 322 g/mol. The lowest BCUT2D eigenvalue weighted by molar-refractivity contribution is -0.122. The third-order valence-electron chi connectivity index (χ3n) is 4.24. The predicted octanol–water partition coefficient (Wildman–Crippen LogP) is 3.44. The molecule has 0 bridgehead atoms. The number of fused-ring (bicyclic) bond motifs is 1. The number of nitrogens with zero attached hydrogens (tertiary/aromatic N) is 1. The van der Waals surface area contributed by atoms with Gasteiger partial charge in [-0.25, -0.2) is 0 Å². The average Bonchev–Trinajstić information content (AvgIpc) is 2.66. The van der Waals surface area contributed by atoms with E-state index in [1.165, 1.54) is 4.90 Å². The number of carbonyl (C=O) groups excluding carboxylic acids is 2. The summed E-state index contributed by atoms with van der Waals surface area (Å²) in [5.74, 6) is -0.164. The summed E-state index contributed by atoms with van der Waals surface area (Å²) in [5.41, 5.74) is 1.75. The Hall–Kier alpha value is -1.16. The molecular formula is C15H16BrNO2. The summed E-state index contributed by atoms with van der Waals surface area (Å²) < 4.78 is 0.993. The van der Waals surface area contributed by atoms with Gasteiger partial charge in [-0.3, -0.25) is 14.5 Å². The Balaban J connectivity index is 1.98. The maximum atomic E-state index is 12.4. The first kappa shape index (κ1) is 12.9. The van der Waals surface area contributed by atoms with Gasteiger partial charge in [0.05, 0.1) is 17.5 Å². The summed E-state index contributed by atoms with van der Waals surface area (Å²) in [5, 5.41) is 0. The molecule has 1 aliphatic heterocycles. The second kappa shape index (κ2) is 4.75. The molecule has 3 nitrogen and oxygen atoms in total. The van der Waals surface area contributed by atoms with E-state index in [4.69, 9.17) is 0 Å². The van der Waals surface area contributed by atoms with Gasteiger partial charge in [-0.15, -0.1) is 0 Å². The van der Waals surface area contributed by atoms with E-state index in [1.54, 1.807) is 0 Å². The molecule has 3 rings (SSSR count). The monoisotopic (exact) mass is 321 g/mol. The van der Waals surface area contributed by atoms with Gasteiger partial charge in [0.1, 0.15) is 0 Å². The Morgan fingerprint density at radius 3 is 2.21 bits per heavy atom. The third kappa shape index (κ3) is 2.02. The minimum atomic E-state index is -0.0785. The Bertz CT molecular complexity index is 531. The molecule has 0 unspecified atom stereocenters. The fourth-order valence-electron chi connectivity index (χ4n) is 3.18. The van der Waals surface area contributed by atoms with Gasteiger partial charge >= 0.3 is 0 Å². The van der Waals surface area contributed by atoms with Crippen molar-refractivity contribution >= 4 is 33.4 Å². The number of amides is 2. The Morgan fingerprint density at radius 1 is 1.11 bits per heavy atom. The molecule has 100 valence electrons. The van der Waals surface area contributed by atoms with Crippen molar-refractivity contribution in [2.75, 3.05) is 4.90 Å². The number of halogens is 1. The highest BCUT2D eigenvalue weighted by Gasteiger charge is 2.48. The first-order chi connectivity index (χ1) is 9.09. The van der Waals surface area contributed by atoms with Gasteiger partial charge in [0.2, 0.25) is 11.8 Å². The smallest absolute Gasteiger partial charge is 0.237 e. The van der Waals surface area contributed by atoms with Crippen LogP contribution in [0.25, 0.3) is 0 Å². The third-order valence-corrected chi connectivity index (χ3v) is 5.13. The molecule has 4 heteroatoms. The molecule has 19 heavy (non-hydrogen) atoms. The standard InChI is InChI=1S/C15H16BrNO2/c1-9-8-10(6-7-13(9)16)17-14(18)11-4-2-3-5-12(11)15(17)19/h6-8,11-12H,2-5H2,1H3/t11-,12-/m1/s1. The van der Waals surface area contributed by atoms with Crippen LogP contribution in [0, 0.1) is 18.8 Å². The molecule has 2 fully saturated rings. The second-order valence-electron chi connectivity index (χ2n) is 5.44. The maximum Gasteiger partial charge on any atom is 0.237 e. The van der Waals surface area contributed by atoms with Crippen molar-refractivity contribution in [2.24, 2.45) is 11.8 Å². The largest absolute Gasteiger partial charge is 0.274 e. The van der Waals surface area contributed by atoms with Crippen LogP contribution in [0.3, 0.4) is 0 Å². The normalized spacial score (nSPS) is 26.7. The number of benzene rings is 1. The molecule has 1 heterocycles. The van der Waals surface area contributed by atoms with Gasteiger partial charge in [0, 0.05) is 4.47 Å². The van der Waals surface area contributed by atoms with E-state index in [2.05, 4.69) is 15.9 Å². The quantitative estimate of drug-likeness (QED) is 0.743. The molecule has 2 amide bonds. The van der Waals surface area contributed by atoms with E-state index in [-0.39, 0.29) is 23.7 Å². The fraction of sp³-hybridized carbons (Fsp3) is 0.467. The van der Waals surface area contributed by atoms with Gasteiger partial charge in [0.15, 0.2) is 0 Å². The van der Waals surface area contributed by atoms with E-state index in [0.717, 1.165) is 35.7 Å². The van der Waals surface area contributed by atoms with Crippen molar-refractivity contribution in [3.8, 4) is 0 Å². The van der Waals surface area contributed by atoms with Crippen LogP contribution in [0.15, 0.2) is 22.7 Å². The molecule has 1 aromatic carbocycles. The van der Waals surface area contributed by atoms with Crippen LogP contribution >= 0.6 is 15.9 Å². The number of imide groups is 1. The van der Waals surface area contributed by atoms with Gasteiger partial charge < -0.3 is 0 Å². The first-order valence-electron chi connectivity index (χ1n) is 6.73. The SMILES string of the molecule is Cc1cc(N2C(=O)[C@@H]3CCCC[C@H]3C2=O)ccc1Br. The zero-order valence-electron chi connectivity index (χ0n) is 10.9. The summed E-state index contributed by atoms with van der Waals surface area (Å²) >= 11 is 3.44. The van der Waals surface area contributed by atoms with Crippen molar-refractivity contribution in [3.63, 3.8) is 0 Å². The van der Waals surface area contributed by atoms with Gasteiger partial charge in [0.25, 0.3) is 0 Å². The molecule has 1 saturated carbocycles. The first-order valence-corrected chi connectivity index (χ1v) is 7.53. The highest BCUT2D eigenvalue weighted by atomic mass is 79.9. The Kier molecular flexibility index (Phi) is 3.21. The Labute approximate surface area is 121 Å². The number of carbonyl (C=O) groups is 2. The van der Waals surface area contributed by atoms with Crippen molar-refractivity contribution in [1.29, 1.82) is 0 Å². The van der Waals surface area contributed by atoms with Crippen LogP contribution in [0.2, 0.25) is 0 Å². The van der Waals surface area contributed by atoms with Crippen LogP contribution in [-0.2, 0) is 9.59 Å². The molecule has 1 saturated heterocycles. The van der Waals surface area contributed by atoms with Gasteiger partial charge in [-0.1, -0.05) is 28.8 Å². The van der Waals surface area contributed by atoms with Crippen LogP contribution in [0.4, 0.5) is 5.69 Å². The number of hydrogen-bond acceptors (Lipinski definition) is 2. The number of anilines is 1. The van der Waals surface area contributed by atoms with E-state index in [1.807, 2.05) is 25.1 Å². The minimum Gasteiger partial charge on any atom is -0.274 e. The predicted molar refractivity (Wildman–Crippen MR) is 76.8 cm³/mol. The lowest BCUT2D eigenvalue weighted by Gasteiger charge is -2.19. The summed E-state index contributed by atoms with van der Waals surface area (Å²) in [6, 6.07) is 5.63. The summed E-state index contributed by atoms with van der Waals surface area (Å²) in [6.07, 6.45) is 3.85. The molecular weight excluding hydrogens is 306 g/mol. The molecule has 2 atom stereocenters. The second-order valence-corrected chi connectivity index (χ2v) is 6.30. The zero-order valence-corrected chi connectivity index (χ0v) is 12.4. The summed E-state index contributed by atoms with van der Waals surface area (Å²) in [6.45, 7) is 1.96. The van der Waals surface area contributed by atoms with Crippen LogP contribution < -0.4 is 4.90 Å². The summed E-state index contributed by atoms with van der Waals surface area (Å²) in [4.78, 5) is 26.3. The molecule has 0 N–H and O–H groups in total. The fourth-order valence-corrected chi connectivity index (χ4v) is 3.43. The van der Waals surface area contributed by atoms with E-state index in [9.17, 15) is 9.59 Å². The van der Waals surface area contributed by atoms with Crippen LogP contribution in [0.1, 0.15) is 31.2 Å². The van der Waals surface area contributed by atoms with Crippen molar-refractivity contribution in [2.45, 2.75) is 32.6 Å². The lowest BCUT2D eigenvalue weighted by Crippen LogP contribution is -2.30. The molecule has 2 aliphatic rings. The number of hydrogen-bond donors (Lipinski definition) is 0. The molecule has 1 aliphatic carbocycles. The molecule has 1 aromatic rings. The van der Waals surface area contributed by atoms with Crippen molar-refractivity contribution in [1.82, 2.24) is 0 Å². The van der Waals surface area contributed by atoms with E-state index < -0.39 is 0 Å². The Morgan fingerprint density at radius 2 is 1.68 bits per heavy atom.